The molecule has 0 aliphatic rings. The summed E-state index contributed by atoms with van der Waals surface area (Å²) in [4.78, 5) is 0. The van der Waals surface area contributed by atoms with Gasteiger partial charge >= 0.3 is 0 Å². The lowest BCUT2D eigenvalue weighted by Crippen LogP contribution is -1.84. The number of benzene rings is 1. The van der Waals surface area contributed by atoms with Crippen molar-refractivity contribution in [2.45, 2.75) is 5.88 Å². The van der Waals surface area contributed by atoms with Crippen molar-refractivity contribution in [2.75, 3.05) is 0 Å². The highest BCUT2D eigenvalue weighted by atomic mass is 35.5. The third-order valence-corrected chi connectivity index (χ3v) is 3.21. The standard InChI is InChI=1S/C9H6ClFOS/c10-3-6-7(11)2-1-5-8(12)4-13-9(5)6/h1-2,4,12H,3H2. The average molecular weight is 217 g/mol. The van der Waals surface area contributed by atoms with Crippen LogP contribution in [0.15, 0.2) is 17.5 Å². The van der Waals surface area contributed by atoms with Gasteiger partial charge < -0.3 is 5.11 Å². The van der Waals surface area contributed by atoms with E-state index in [-0.39, 0.29) is 17.4 Å². The van der Waals surface area contributed by atoms with Gasteiger partial charge in [-0.15, -0.1) is 22.9 Å². The molecule has 2 aromatic rings. The van der Waals surface area contributed by atoms with E-state index in [1.807, 2.05) is 0 Å². The number of alkyl halides is 1. The summed E-state index contributed by atoms with van der Waals surface area (Å²) in [5, 5.41) is 11.6. The van der Waals surface area contributed by atoms with Gasteiger partial charge in [-0.05, 0) is 12.1 Å². The molecular weight excluding hydrogens is 211 g/mol. The maximum atomic E-state index is 13.2. The van der Waals surface area contributed by atoms with E-state index in [1.165, 1.54) is 17.4 Å². The van der Waals surface area contributed by atoms with Gasteiger partial charge in [0.2, 0.25) is 0 Å². The topological polar surface area (TPSA) is 20.2 Å². The van der Waals surface area contributed by atoms with Crippen molar-refractivity contribution in [3.05, 3.63) is 28.9 Å². The predicted molar refractivity (Wildman–Crippen MR) is 53.0 cm³/mol. The first-order valence-corrected chi connectivity index (χ1v) is 5.09. The van der Waals surface area contributed by atoms with E-state index >= 15 is 0 Å². The second kappa shape index (κ2) is 3.16. The summed E-state index contributed by atoms with van der Waals surface area (Å²) >= 11 is 6.91. The highest BCUT2D eigenvalue weighted by Gasteiger charge is 2.10. The van der Waals surface area contributed by atoms with Crippen LogP contribution in [0.3, 0.4) is 0 Å². The van der Waals surface area contributed by atoms with E-state index in [1.54, 1.807) is 11.4 Å². The van der Waals surface area contributed by atoms with E-state index in [0.717, 1.165) is 4.70 Å². The van der Waals surface area contributed by atoms with Crippen molar-refractivity contribution in [1.29, 1.82) is 0 Å². The molecule has 0 atom stereocenters. The molecule has 1 nitrogen and oxygen atoms in total. The molecule has 0 saturated heterocycles. The molecule has 13 heavy (non-hydrogen) atoms. The van der Waals surface area contributed by atoms with Crippen LogP contribution in [0, 0.1) is 5.82 Å². The molecule has 0 aliphatic carbocycles. The predicted octanol–water partition coefficient (Wildman–Crippen LogP) is 3.48. The van der Waals surface area contributed by atoms with Crippen molar-refractivity contribution in [1.82, 2.24) is 0 Å². The number of thiophene rings is 1. The van der Waals surface area contributed by atoms with Crippen LogP contribution in [0.4, 0.5) is 4.39 Å². The molecule has 0 spiro atoms. The Bertz CT molecular complexity index is 452. The number of aromatic hydroxyl groups is 1. The van der Waals surface area contributed by atoms with Crippen LogP contribution in [0.1, 0.15) is 5.56 Å². The van der Waals surface area contributed by atoms with Crippen LogP contribution < -0.4 is 0 Å². The Kier molecular flexibility index (Phi) is 2.14. The second-order valence-corrected chi connectivity index (χ2v) is 3.80. The van der Waals surface area contributed by atoms with Crippen molar-refractivity contribution in [3.8, 4) is 5.75 Å². The van der Waals surface area contributed by atoms with E-state index < -0.39 is 0 Å². The molecule has 4 heteroatoms. The third kappa shape index (κ3) is 1.28. The minimum absolute atomic E-state index is 0.128. The molecule has 0 aliphatic heterocycles. The van der Waals surface area contributed by atoms with Gasteiger partial charge in [0.25, 0.3) is 0 Å². The molecule has 0 fully saturated rings. The van der Waals surface area contributed by atoms with E-state index in [0.29, 0.717) is 10.9 Å². The van der Waals surface area contributed by atoms with Gasteiger partial charge in [0.15, 0.2) is 0 Å². The summed E-state index contributed by atoms with van der Waals surface area (Å²) in [5.41, 5.74) is 0.462. The van der Waals surface area contributed by atoms with Gasteiger partial charge in [0.05, 0.1) is 5.88 Å². The minimum Gasteiger partial charge on any atom is -0.506 e. The van der Waals surface area contributed by atoms with Crippen LogP contribution in [-0.2, 0) is 5.88 Å². The highest BCUT2D eigenvalue weighted by Crippen LogP contribution is 2.35. The molecule has 0 unspecified atom stereocenters. The van der Waals surface area contributed by atoms with Gasteiger partial charge in [-0.1, -0.05) is 0 Å². The Hall–Kier alpha value is -0.800. The smallest absolute Gasteiger partial charge is 0.134 e. The Morgan fingerprint density at radius 1 is 1.46 bits per heavy atom. The number of rotatable bonds is 1. The van der Waals surface area contributed by atoms with Crippen LogP contribution in [0.5, 0.6) is 5.75 Å². The van der Waals surface area contributed by atoms with Crippen LogP contribution in [0.25, 0.3) is 10.1 Å². The van der Waals surface area contributed by atoms with E-state index in [4.69, 9.17) is 11.6 Å². The molecular formula is C9H6ClFOS. The fourth-order valence-corrected chi connectivity index (χ4v) is 2.55. The Balaban J connectivity index is 2.85. The number of hydrogen-bond donors (Lipinski definition) is 1. The summed E-state index contributed by atoms with van der Waals surface area (Å²) in [6.45, 7) is 0. The number of hydrogen-bond acceptors (Lipinski definition) is 2. The lowest BCUT2D eigenvalue weighted by molar-refractivity contribution is 0.483. The summed E-state index contributed by atoms with van der Waals surface area (Å²) in [7, 11) is 0. The Morgan fingerprint density at radius 2 is 2.23 bits per heavy atom. The zero-order valence-corrected chi connectivity index (χ0v) is 8.12. The average Bonchev–Trinajstić information content (AvgIpc) is 2.48. The zero-order chi connectivity index (χ0) is 9.42. The molecule has 2 rings (SSSR count). The van der Waals surface area contributed by atoms with Crippen LogP contribution in [-0.4, -0.2) is 5.11 Å². The van der Waals surface area contributed by atoms with Crippen molar-refractivity contribution >= 4 is 33.0 Å². The summed E-state index contributed by atoms with van der Waals surface area (Å²) in [6.07, 6.45) is 0. The van der Waals surface area contributed by atoms with Crippen molar-refractivity contribution < 1.29 is 9.50 Å². The van der Waals surface area contributed by atoms with Crippen LogP contribution >= 0.6 is 22.9 Å². The molecule has 68 valence electrons. The fraction of sp³-hybridized carbons (Fsp3) is 0.111. The first kappa shape index (κ1) is 8.78. The van der Waals surface area contributed by atoms with Crippen molar-refractivity contribution in [3.63, 3.8) is 0 Å². The maximum Gasteiger partial charge on any atom is 0.134 e. The fourth-order valence-electron chi connectivity index (χ4n) is 1.24. The SMILES string of the molecule is Oc1csc2c(CCl)c(F)ccc12. The largest absolute Gasteiger partial charge is 0.506 e. The normalized spacial score (nSPS) is 10.9. The quantitative estimate of drug-likeness (QED) is 0.724. The maximum absolute atomic E-state index is 13.2. The van der Waals surface area contributed by atoms with E-state index in [2.05, 4.69) is 0 Å². The molecule has 0 bridgehead atoms. The summed E-state index contributed by atoms with van der Waals surface area (Å²) in [5.74, 6) is -0.000864. The first-order valence-electron chi connectivity index (χ1n) is 3.67. The lowest BCUT2D eigenvalue weighted by atomic mass is 10.2. The van der Waals surface area contributed by atoms with Crippen LogP contribution in [0.2, 0.25) is 0 Å². The second-order valence-electron chi connectivity index (χ2n) is 2.66. The first-order chi connectivity index (χ1) is 6.24. The van der Waals surface area contributed by atoms with Crippen molar-refractivity contribution in [2.24, 2.45) is 0 Å². The molecule has 0 saturated carbocycles. The number of fused-ring (bicyclic) bond motifs is 1. The summed E-state index contributed by atoms with van der Waals surface area (Å²) in [6, 6.07) is 2.89. The van der Waals surface area contributed by atoms with E-state index in [9.17, 15) is 9.50 Å². The Labute approximate surface area is 83.4 Å². The minimum atomic E-state index is -0.315. The highest BCUT2D eigenvalue weighted by molar-refractivity contribution is 7.17. The molecule has 1 aromatic carbocycles. The molecule has 0 amide bonds. The van der Waals surface area contributed by atoms with Gasteiger partial charge in [-0.2, -0.15) is 0 Å². The monoisotopic (exact) mass is 216 g/mol. The van der Waals surface area contributed by atoms with Gasteiger partial charge in [-0.3, -0.25) is 0 Å². The van der Waals surface area contributed by atoms with Gasteiger partial charge in [0.1, 0.15) is 11.6 Å². The summed E-state index contributed by atoms with van der Waals surface area (Å²) < 4.78 is 13.9. The lowest BCUT2D eigenvalue weighted by Gasteiger charge is -1.99. The third-order valence-electron chi connectivity index (χ3n) is 1.90. The molecule has 1 N–H and O–H groups in total. The number of halogens is 2. The molecule has 1 heterocycles. The molecule has 1 aromatic heterocycles. The Morgan fingerprint density at radius 3 is 2.92 bits per heavy atom. The molecule has 0 radical (unpaired) electrons. The zero-order valence-electron chi connectivity index (χ0n) is 6.55. The van der Waals surface area contributed by atoms with Gasteiger partial charge in [-0.25, -0.2) is 4.39 Å². The van der Waals surface area contributed by atoms with Gasteiger partial charge in [0, 0.05) is 21.0 Å².